The van der Waals surface area contributed by atoms with Gasteiger partial charge in [0.25, 0.3) is 0 Å². The summed E-state index contributed by atoms with van der Waals surface area (Å²) < 4.78 is 37.3. The van der Waals surface area contributed by atoms with E-state index in [0.29, 0.717) is 6.61 Å². The molecule has 0 saturated carbocycles. The Morgan fingerprint density at radius 2 is 1.16 bits per heavy atom. The average molecular weight is 520 g/mol. The van der Waals surface area contributed by atoms with E-state index in [4.69, 9.17) is 28.4 Å². The van der Waals surface area contributed by atoms with Crippen molar-refractivity contribution in [2.45, 2.75) is 69.9 Å². The molecule has 37 heavy (non-hydrogen) atoms. The molecule has 194 valence electrons. The highest BCUT2D eigenvalue weighted by atomic mass is 31.2. The summed E-state index contributed by atoms with van der Waals surface area (Å²) in [4.78, 5) is 0. The highest BCUT2D eigenvalue weighted by molar-refractivity contribution is 7.87. The molecule has 3 saturated heterocycles. The van der Waals surface area contributed by atoms with E-state index in [0.717, 1.165) is 0 Å². The molecule has 0 bridgehead atoms. The number of nitrogens with zero attached hydrogens (tertiary/aromatic N) is 1. The lowest BCUT2D eigenvalue weighted by Gasteiger charge is -2.32. The molecule has 3 aromatic rings. The molecule has 0 unspecified atom stereocenters. The van der Waals surface area contributed by atoms with E-state index in [1.54, 1.807) is 0 Å². The fraction of sp³-hybridized carbons (Fsp3) is 0.400. The predicted molar refractivity (Wildman–Crippen MR) is 145 cm³/mol. The smallest absolute Gasteiger partial charge is 0.189 e. The van der Waals surface area contributed by atoms with Crippen LogP contribution in [0.5, 0.6) is 0 Å². The normalized spacial score (nSPS) is 30.2. The van der Waals surface area contributed by atoms with Gasteiger partial charge in [-0.25, -0.2) is 0 Å². The highest BCUT2D eigenvalue weighted by Crippen LogP contribution is 2.51. The number of fused-ring (bicyclic) bond motifs is 1. The lowest BCUT2D eigenvalue weighted by atomic mass is 10.0. The van der Waals surface area contributed by atoms with Crippen LogP contribution in [0, 0.1) is 0 Å². The van der Waals surface area contributed by atoms with Gasteiger partial charge in [0.1, 0.15) is 24.4 Å². The van der Waals surface area contributed by atoms with Crippen molar-refractivity contribution in [3.8, 4) is 0 Å². The fourth-order valence-electron chi connectivity index (χ4n) is 5.61. The number of hydrogen-bond acceptors (Lipinski definition) is 6. The Morgan fingerprint density at radius 1 is 0.649 bits per heavy atom. The first-order valence-corrected chi connectivity index (χ1v) is 14.6. The SMILES string of the molecule is CC1(C)O[C@H]2O[C@H]([C@H]3COC(C)(C)O3)[C@@H](N=P(c3ccccc3)(c3ccccc3)c3ccccc3)[C@H]2O1. The second-order valence-electron chi connectivity index (χ2n) is 10.7. The summed E-state index contributed by atoms with van der Waals surface area (Å²) in [5.41, 5.74) is 0. The van der Waals surface area contributed by atoms with Crippen LogP contribution in [0.25, 0.3) is 0 Å². The van der Waals surface area contributed by atoms with Crippen LogP contribution in [0.15, 0.2) is 95.7 Å². The molecule has 7 heteroatoms. The summed E-state index contributed by atoms with van der Waals surface area (Å²) in [5.74, 6) is -1.44. The summed E-state index contributed by atoms with van der Waals surface area (Å²) in [6.07, 6.45) is -1.54. The van der Waals surface area contributed by atoms with E-state index in [1.807, 2.05) is 45.9 Å². The standard InChI is InChI=1S/C30H34NO5P/c1-29(2)32-20-24(34-29)26-25(27-28(33-26)36-30(3,4)35-27)31-37(21-14-8-5-9-15-21,22-16-10-6-11-17-22)23-18-12-7-13-19-23/h5-19,24-28H,20H2,1-4H3/t24-,25-,26-,27-,28-/m1/s1. The van der Waals surface area contributed by atoms with Crippen molar-refractivity contribution in [1.82, 2.24) is 0 Å². The topological polar surface area (TPSA) is 58.5 Å². The number of benzene rings is 3. The summed E-state index contributed by atoms with van der Waals surface area (Å²) in [7, 11) is -2.49. The first kappa shape index (κ1) is 25.0. The van der Waals surface area contributed by atoms with Gasteiger partial charge >= 0.3 is 0 Å². The maximum atomic E-state index is 6.54. The van der Waals surface area contributed by atoms with Gasteiger partial charge in [0.15, 0.2) is 17.9 Å². The van der Waals surface area contributed by atoms with Gasteiger partial charge in [0.05, 0.1) is 13.7 Å². The van der Waals surface area contributed by atoms with Gasteiger partial charge in [-0.1, -0.05) is 91.0 Å². The Balaban J connectivity index is 1.59. The molecule has 3 aromatic carbocycles. The first-order valence-electron chi connectivity index (χ1n) is 12.9. The van der Waals surface area contributed by atoms with Gasteiger partial charge in [-0.3, -0.25) is 4.74 Å². The third-order valence-electron chi connectivity index (χ3n) is 7.15. The van der Waals surface area contributed by atoms with Gasteiger partial charge in [-0.2, -0.15) is 0 Å². The van der Waals surface area contributed by atoms with E-state index in [9.17, 15) is 0 Å². The van der Waals surface area contributed by atoms with Gasteiger partial charge in [-0.05, 0) is 27.7 Å². The predicted octanol–water partition coefficient (Wildman–Crippen LogP) is 4.56. The molecular weight excluding hydrogens is 485 g/mol. The Bertz CT molecular complexity index is 1180. The monoisotopic (exact) mass is 519 g/mol. The number of ether oxygens (including phenoxy) is 5. The molecule has 3 fully saturated rings. The molecule has 3 aliphatic rings. The first-order chi connectivity index (χ1) is 17.8. The zero-order valence-corrected chi connectivity index (χ0v) is 22.6. The lowest BCUT2D eigenvalue weighted by molar-refractivity contribution is -0.222. The van der Waals surface area contributed by atoms with Crippen LogP contribution in [-0.4, -0.2) is 48.8 Å². The van der Waals surface area contributed by atoms with E-state index >= 15 is 0 Å². The van der Waals surface area contributed by atoms with Gasteiger partial charge < -0.3 is 23.7 Å². The van der Waals surface area contributed by atoms with Crippen LogP contribution in [0.3, 0.4) is 0 Å². The molecule has 0 aliphatic carbocycles. The third kappa shape index (κ3) is 4.61. The van der Waals surface area contributed by atoms with E-state index in [2.05, 4.69) is 72.8 Å². The zero-order chi connectivity index (χ0) is 25.7. The van der Waals surface area contributed by atoms with Crippen LogP contribution >= 0.6 is 7.05 Å². The summed E-state index contributed by atoms with van der Waals surface area (Å²) in [6.45, 7) is 8.14. The van der Waals surface area contributed by atoms with Crippen molar-refractivity contribution in [2.75, 3.05) is 6.61 Å². The Morgan fingerprint density at radius 3 is 1.62 bits per heavy atom. The largest absolute Gasteiger partial charge is 0.348 e. The molecule has 0 amide bonds. The summed E-state index contributed by atoms with van der Waals surface area (Å²) in [6, 6.07) is 31.5. The molecule has 3 heterocycles. The lowest BCUT2D eigenvalue weighted by Crippen LogP contribution is -2.42. The molecule has 3 aliphatic heterocycles. The molecule has 6 rings (SSSR count). The molecular formula is C30H34NO5P. The molecule has 0 radical (unpaired) electrons. The minimum Gasteiger partial charge on any atom is -0.348 e. The van der Waals surface area contributed by atoms with Crippen LogP contribution in [0.4, 0.5) is 0 Å². The average Bonchev–Trinajstić information content (AvgIpc) is 3.52. The van der Waals surface area contributed by atoms with Crippen molar-refractivity contribution < 1.29 is 23.7 Å². The summed E-state index contributed by atoms with van der Waals surface area (Å²) >= 11 is 0. The van der Waals surface area contributed by atoms with Crippen LogP contribution < -0.4 is 15.9 Å². The third-order valence-corrected chi connectivity index (χ3v) is 10.9. The van der Waals surface area contributed by atoms with Crippen molar-refractivity contribution in [3.05, 3.63) is 91.0 Å². The molecule has 5 atom stereocenters. The molecule has 6 nitrogen and oxygen atoms in total. The Hall–Kier alpha value is -2.31. The summed E-state index contributed by atoms with van der Waals surface area (Å²) in [5, 5.41) is 3.53. The fourth-order valence-corrected chi connectivity index (χ4v) is 9.38. The van der Waals surface area contributed by atoms with E-state index < -0.39 is 24.9 Å². The molecule has 0 aromatic heterocycles. The minimum atomic E-state index is -2.49. The maximum Gasteiger partial charge on any atom is 0.189 e. The van der Waals surface area contributed by atoms with Crippen LogP contribution in [-0.2, 0) is 23.7 Å². The van der Waals surface area contributed by atoms with Crippen molar-refractivity contribution in [2.24, 2.45) is 4.74 Å². The van der Waals surface area contributed by atoms with Gasteiger partial charge in [0.2, 0.25) is 0 Å². The molecule has 0 spiro atoms. The number of hydrogen-bond donors (Lipinski definition) is 0. The van der Waals surface area contributed by atoms with E-state index in [-0.39, 0.29) is 24.4 Å². The van der Waals surface area contributed by atoms with Crippen molar-refractivity contribution >= 4 is 23.0 Å². The second kappa shape index (κ2) is 9.46. The Labute approximate surface area is 218 Å². The maximum absolute atomic E-state index is 6.54. The van der Waals surface area contributed by atoms with Gasteiger partial charge in [0, 0.05) is 15.9 Å². The minimum absolute atomic E-state index is 0.283. The number of rotatable bonds is 5. The Kier molecular flexibility index (Phi) is 6.39. The van der Waals surface area contributed by atoms with Crippen LogP contribution in [0.1, 0.15) is 27.7 Å². The molecule has 0 N–H and O–H groups in total. The van der Waals surface area contributed by atoms with Crippen LogP contribution in [0.2, 0.25) is 0 Å². The van der Waals surface area contributed by atoms with Crippen molar-refractivity contribution in [3.63, 3.8) is 0 Å². The van der Waals surface area contributed by atoms with E-state index in [1.165, 1.54) is 15.9 Å². The second-order valence-corrected chi connectivity index (χ2v) is 13.7. The quantitative estimate of drug-likeness (QED) is 0.463. The van der Waals surface area contributed by atoms with Crippen molar-refractivity contribution in [1.29, 1.82) is 0 Å². The highest BCUT2D eigenvalue weighted by Gasteiger charge is 2.59. The van der Waals surface area contributed by atoms with Gasteiger partial charge in [-0.15, -0.1) is 0 Å². The zero-order valence-electron chi connectivity index (χ0n) is 21.7.